The Bertz CT molecular complexity index is 863. The van der Waals surface area contributed by atoms with Crippen molar-refractivity contribution < 1.29 is 4.79 Å². The molecule has 28 heavy (non-hydrogen) atoms. The van der Waals surface area contributed by atoms with E-state index in [1.54, 1.807) is 11.8 Å². The van der Waals surface area contributed by atoms with Crippen molar-refractivity contribution in [3.63, 3.8) is 0 Å². The molecule has 0 aromatic heterocycles. The molecule has 0 radical (unpaired) electrons. The van der Waals surface area contributed by atoms with Crippen LogP contribution < -0.4 is 10.2 Å². The van der Waals surface area contributed by atoms with Gasteiger partial charge in [-0.15, -0.1) is 11.8 Å². The van der Waals surface area contributed by atoms with Crippen molar-refractivity contribution in [1.29, 1.82) is 0 Å². The van der Waals surface area contributed by atoms with Gasteiger partial charge in [0.25, 0.3) is 0 Å². The molecule has 150 valence electrons. The topological polar surface area (TPSA) is 35.6 Å². The second kappa shape index (κ2) is 9.33. The standard InChI is InChI=1S/C22H28BrN3OS/c1-15-13-21(17(3)12-19(15)23)28-14-22(27)24-20-6-5-18(11-16(20)2)26-9-7-25(4)8-10-26/h5-6,11-13H,7-10,14H2,1-4H3,(H,24,27). The first kappa shape index (κ1) is 21.2. The second-order valence-electron chi connectivity index (χ2n) is 7.49. The molecule has 0 atom stereocenters. The molecule has 0 aliphatic carbocycles. The molecule has 1 aliphatic heterocycles. The van der Waals surface area contributed by atoms with Gasteiger partial charge in [0.2, 0.25) is 5.91 Å². The highest BCUT2D eigenvalue weighted by molar-refractivity contribution is 9.10. The van der Waals surface area contributed by atoms with Crippen molar-refractivity contribution in [2.45, 2.75) is 25.7 Å². The molecule has 1 amide bonds. The minimum absolute atomic E-state index is 0.0282. The number of carbonyl (C=O) groups is 1. The lowest BCUT2D eigenvalue weighted by molar-refractivity contribution is -0.113. The van der Waals surface area contributed by atoms with Gasteiger partial charge in [-0.3, -0.25) is 4.79 Å². The maximum atomic E-state index is 12.5. The monoisotopic (exact) mass is 461 g/mol. The van der Waals surface area contributed by atoms with E-state index in [-0.39, 0.29) is 5.91 Å². The Kier molecular flexibility index (Phi) is 7.07. The quantitative estimate of drug-likeness (QED) is 0.644. The minimum atomic E-state index is 0.0282. The number of thioether (sulfide) groups is 1. The van der Waals surface area contributed by atoms with Crippen LogP contribution in [0.3, 0.4) is 0 Å². The largest absolute Gasteiger partial charge is 0.369 e. The molecule has 4 nitrogen and oxygen atoms in total. The fourth-order valence-corrected chi connectivity index (χ4v) is 4.65. The number of halogens is 1. The average molecular weight is 462 g/mol. The first-order valence-corrected chi connectivity index (χ1v) is 11.3. The normalized spacial score (nSPS) is 15.0. The summed E-state index contributed by atoms with van der Waals surface area (Å²) in [5.41, 5.74) is 5.60. The zero-order chi connectivity index (χ0) is 20.3. The highest BCUT2D eigenvalue weighted by Gasteiger charge is 2.15. The summed E-state index contributed by atoms with van der Waals surface area (Å²) in [7, 11) is 2.16. The van der Waals surface area contributed by atoms with Crippen LogP contribution in [0.1, 0.15) is 16.7 Å². The number of aryl methyl sites for hydroxylation is 3. The van der Waals surface area contributed by atoms with E-state index in [4.69, 9.17) is 0 Å². The summed E-state index contributed by atoms with van der Waals surface area (Å²) in [5, 5.41) is 3.07. The number of benzene rings is 2. The lowest BCUT2D eigenvalue weighted by Gasteiger charge is -2.34. The Morgan fingerprint density at radius 3 is 2.43 bits per heavy atom. The highest BCUT2D eigenvalue weighted by Crippen LogP contribution is 2.29. The number of amides is 1. The van der Waals surface area contributed by atoms with Gasteiger partial charge >= 0.3 is 0 Å². The molecular weight excluding hydrogens is 434 g/mol. The average Bonchev–Trinajstić information content (AvgIpc) is 2.66. The van der Waals surface area contributed by atoms with E-state index >= 15 is 0 Å². The molecule has 0 saturated carbocycles. The van der Waals surface area contributed by atoms with Crippen molar-refractivity contribution in [3.05, 3.63) is 51.5 Å². The van der Waals surface area contributed by atoms with Crippen molar-refractivity contribution >= 4 is 45.0 Å². The van der Waals surface area contributed by atoms with Crippen molar-refractivity contribution in [2.75, 3.05) is 49.2 Å². The lowest BCUT2D eigenvalue weighted by Crippen LogP contribution is -2.44. The number of anilines is 2. The van der Waals surface area contributed by atoms with Crippen LogP contribution in [0.25, 0.3) is 0 Å². The zero-order valence-corrected chi connectivity index (χ0v) is 19.4. The number of hydrogen-bond donors (Lipinski definition) is 1. The Labute approximate surface area is 180 Å². The summed E-state index contributed by atoms with van der Waals surface area (Å²) in [4.78, 5) is 18.4. The molecule has 1 heterocycles. The summed E-state index contributed by atoms with van der Waals surface area (Å²) in [5.74, 6) is 0.432. The summed E-state index contributed by atoms with van der Waals surface area (Å²) in [6.45, 7) is 10.5. The maximum Gasteiger partial charge on any atom is 0.234 e. The van der Waals surface area contributed by atoms with Crippen LogP contribution in [0, 0.1) is 20.8 Å². The van der Waals surface area contributed by atoms with Gasteiger partial charge in [0.1, 0.15) is 0 Å². The van der Waals surface area contributed by atoms with E-state index < -0.39 is 0 Å². The summed E-state index contributed by atoms with van der Waals surface area (Å²) in [6.07, 6.45) is 0. The Morgan fingerprint density at radius 1 is 1.04 bits per heavy atom. The summed E-state index contributed by atoms with van der Waals surface area (Å²) in [6, 6.07) is 10.6. The Morgan fingerprint density at radius 2 is 1.75 bits per heavy atom. The minimum Gasteiger partial charge on any atom is -0.369 e. The number of hydrogen-bond acceptors (Lipinski definition) is 4. The van der Waals surface area contributed by atoms with E-state index in [2.05, 4.69) is 83.1 Å². The molecule has 1 aliphatic rings. The number of rotatable bonds is 5. The smallest absolute Gasteiger partial charge is 0.234 e. The first-order valence-electron chi connectivity index (χ1n) is 9.57. The van der Waals surface area contributed by atoms with Gasteiger partial charge in [0.15, 0.2) is 0 Å². The third kappa shape index (κ3) is 5.31. The molecule has 0 bridgehead atoms. The molecule has 1 saturated heterocycles. The van der Waals surface area contributed by atoms with E-state index in [1.165, 1.54) is 16.8 Å². The van der Waals surface area contributed by atoms with Crippen LogP contribution in [-0.2, 0) is 4.79 Å². The fraction of sp³-hybridized carbons (Fsp3) is 0.409. The van der Waals surface area contributed by atoms with Gasteiger partial charge in [-0.1, -0.05) is 15.9 Å². The van der Waals surface area contributed by atoms with Gasteiger partial charge in [-0.2, -0.15) is 0 Å². The van der Waals surface area contributed by atoms with Gasteiger partial charge in [-0.05, 0) is 74.8 Å². The van der Waals surface area contributed by atoms with Crippen molar-refractivity contribution in [2.24, 2.45) is 0 Å². The predicted octanol–water partition coefficient (Wildman–Crippen LogP) is 4.86. The highest BCUT2D eigenvalue weighted by atomic mass is 79.9. The molecule has 1 fully saturated rings. The van der Waals surface area contributed by atoms with Gasteiger partial charge < -0.3 is 15.1 Å². The third-order valence-electron chi connectivity index (χ3n) is 5.17. The second-order valence-corrected chi connectivity index (χ2v) is 9.36. The molecule has 3 rings (SSSR count). The van der Waals surface area contributed by atoms with Crippen LogP contribution in [-0.4, -0.2) is 49.8 Å². The first-order chi connectivity index (χ1) is 13.3. The van der Waals surface area contributed by atoms with Crippen molar-refractivity contribution in [3.8, 4) is 0 Å². The van der Waals surface area contributed by atoms with Crippen LogP contribution in [0.2, 0.25) is 0 Å². The van der Waals surface area contributed by atoms with Crippen LogP contribution in [0.4, 0.5) is 11.4 Å². The van der Waals surface area contributed by atoms with E-state index in [0.29, 0.717) is 5.75 Å². The number of piperazine rings is 1. The molecular formula is C22H28BrN3OS. The number of nitrogens with zero attached hydrogens (tertiary/aromatic N) is 2. The number of carbonyl (C=O) groups excluding carboxylic acids is 1. The molecule has 0 spiro atoms. The zero-order valence-electron chi connectivity index (χ0n) is 17.0. The van der Waals surface area contributed by atoms with Gasteiger partial charge in [0, 0.05) is 46.9 Å². The van der Waals surface area contributed by atoms with E-state index in [0.717, 1.165) is 46.8 Å². The van der Waals surface area contributed by atoms with Crippen LogP contribution in [0.5, 0.6) is 0 Å². The fourth-order valence-electron chi connectivity index (χ4n) is 3.29. The molecule has 0 unspecified atom stereocenters. The Balaban J connectivity index is 1.59. The number of likely N-dealkylation sites (N-methyl/N-ethyl adjacent to an activating group) is 1. The predicted molar refractivity (Wildman–Crippen MR) is 124 cm³/mol. The van der Waals surface area contributed by atoms with Crippen LogP contribution in [0.15, 0.2) is 39.7 Å². The summed E-state index contributed by atoms with van der Waals surface area (Å²) >= 11 is 5.14. The number of nitrogens with one attached hydrogen (secondary N) is 1. The van der Waals surface area contributed by atoms with E-state index in [9.17, 15) is 4.79 Å². The lowest BCUT2D eigenvalue weighted by atomic mass is 10.1. The third-order valence-corrected chi connectivity index (χ3v) is 7.18. The molecule has 6 heteroatoms. The molecule has 1 N–H and O–H groups in total. The SMILES string of the molecule is Cc1cc(SCC(=O)Nc2ccc(N3CCN(C)CC3)cc2C)c(C)cc1Br. The van der Waals surface area contributed by atoms with Crippen molar-refractivity contribution in [1.82, 2.24) is 4.90 Å². The van der Waals surface area contributed by atoms with Gasteiger partial charge in [0.05, 0.1) is 5.75 Å². The van der Waals surface area contributed by atoms with Crippen LogP contribution >= 0.6 is 27.7 Å². The van der Waals surface area contributed by atoms with Gasteiger partial charge in [-0.25, -0.2) is 0 Å². The molecule has 2 aromatic carbocycles. The summed E-state index contributed by atoms with van der Waals surface area (Å²) < 4.78 is 1.11. The Hall–Kier alpha value is -1.50. The maximum absolute atomic E-state index is 12.5. The molecule has 2 aromatic rings. The van der Waals surface area contributed by atoms with E-state index in [1.807, 2.05) is 6.07 Å².